The van der Waals surface area contributed by atoms with E-state index in [0.29, 0.717) is 13.2 Å². The normalized spacial score (nSPS) is 9.82. The molecule has 0 aromatic heterocycles. The molecule has 0 spiro atoms. The molecular weight excluding hydrogens is 228 g/mol. The van der Waals surface area contributed by atoms with Gasteiger partial charge in [0.2, 0.25) is 0 Å². The molecule has 2 N–H and O–H groups in total. The van der Waals surface area contributed by atoms with Gasteiger partial charge in [-0.05, 0) is 27.7 Å². The van der Waals surface area contributed by atoms with Crippen molar-refractivity contribution in [3.05, 3.63) is 0 Å². The Labute approximate surface area is 103 Å². The third kappa shape index (κ3) is 31.3. The summed E-state index contributed by atoms with van der Waals surface area (Å²) in [6, 6.07) is 0. The Bertz CT molecular complexity index is 179. The third-order valence-corrected chi connectivity index (χ3v) is 0.975. The molecule has 0 saturated heterocycles. The summed E-state index contributed by atoms with van der Waals surface area (Å²) < 4.78 is 8.82. The zero-order valence-electron chi connectivity index (χ0n) is 11.2. The van der Waals surface area contributed by atoms with Crippen LogP contribution in [0, 0.1) is 0 Å². The van der Waals surface area contributed by atoms with Crippen molar-refractivity contribution in [1.29, 1.82) is 0 Å². The van der Waals surface area contributed by atoms with Crippen molar-refractivity contribution >= 4 is 11.9 Å². The van der Waals surface area contributed by atoms with Crippen LogP contribution in [0.15, 0.2) is 0 Å². The highest BCUT2D eigenvalue weighted by atomic mass is 16.5. The topological polar surface area (TPSA) is 93.1 Å². The second kappa shape index (κ2) is 17.3. The molecule has 0 aromatic rings. The molecule has 0 aliphatic carbocycles. The number of aliphatic hydroxyl groups excluding tert-OH is 2. The highest BCUT2D eigenvalue weighted by Crippen LogP contribution is 1.84. The predicted octanol–water partition coefficient (Wildman–Crippen LogP) is 0.498. The molecule has 6 nitrogen and oxygen atoms in total. The summed E-state index contributed by atoms with van der Waals surface area (Å²) in [6.45, 7) is 8.97. The quantitative estimate of drug-likeness (QED) is 0.710. The van der Waals surface area contributed by atoms with Crippen LogP contribution in [0.25, 0.3) is 0 Å². The van der Waals surface area contributed by atoms with Crippen molar-refractivity contribution in [1.82, 2.24) is 0 Å². The fourth-order valence-corrected chi connectivity index (χ4v) is 0.466. The first-order chi connectivity index (χ1) is 7.87. The minimum Gasteiger partial charge on any atom is -0.466 e. The number of esters is 2. The number of aliphatic hydroxyl groups is 2. The molecule has 0 aromatic carbocycles. The number of rotatable bonds is 3. The van der Waals surface area contributed by atoms with Gasteiger partial charge in [-0.25, -0.2) is 4.79 Å². The zero-order valence-corrected chi connectivity index (χ0v) is 11.2. The molecule has 0 saturated carbocycles. The van der Waals surface area contributed by atoms with Crippen molar-refractivity contribution in [2.24, 2.45) is 0 Å². The molecule has 1 unspecified atom stereocenters. The lowest BCUT2D eigenvalue weighted by molar-refractivity contribution is -0.151. The largest absolute Gasteiger partial charge is 0.466 e. The standard InChI is InChI=1S/C5H10O3.C4H8O2.C2H6O/c1-3-8-5(7)4(2)6;1-3-6-4(2)5;1-2-3/h4,6H,3H2,1-2H3;3H2,1-2H3;3H,2H2,1H3. The van der Waals surface area contributed by atoms with E-state index in [4.69, 9.17) is 10.2 Å². The van der Waals surface area contributed by atoms with Crippen LogP contribution in [-0.2, 0) is 19.1 Å². The highest BCUT2D eigenvalue weighted by Gasteiger charge is 2.07. The van der Waals surface area contributed by atoms with Gasteiger partial charge in [0.1, 0.15) is 6.10 Å². The Morgan fingerprint density at radius 1 is 1.12 bits per heavy atom. The van der Waals surface area contributed by atoms with Gasteiger partial charge < -0.3 is 19.7 Å². The smallest absolute Gasteiger partial charge is 0.334 e. The summed E-state index contributed by atoms with van der Waals surface area (Å²) in [5.41, 5.74) is 0. The maximum Gasteiger partial charge on any atom is 0.334 e. The van der Waals surface area contributed by atoms with Gasteiger partial charge in [0.25, 0.3) is 0 Å². The lowest BCUT2D eigenvalue weighted by atomic mass is 10.4. The van der Waals surface area contributed by atoms with Crippen molar-refractivity contribution < 1.29 is 29.3 Å². The minimum atomic E-state index is -0.991. The van der Waals surface area contributed by atoms with Crippen LogP contribution in [0.5, 0.6) is 0 Å². The van der Waals surface area contributed by atoms with Gasteiger partial charge in [-0.3, -0.25) is 4.79 Å². The SMILES string of the molecule is CCO.CCOC(=O)C(C)O.CCOC(C)=O. The first-order valence-corrected chi connectivity index (χ1v) is 5.46. The fourth-order valence-electron chi connectivity index (χ4n) is 0.466. The van der Waals surface area contributed by atoms with Gasteiger partial charge in [-0.2, -0.15) is 0 Å². The number of hydrogen-bond acceptors (Lipinski definition) is 6. The van der Waals surface area contributed by atoms with E-state index in [2.05, 4.69) is 9.47 Å². The Balaban J connectivity index is -0.000000193. The van der Waals surface area contributed by atoms with Gasteiger partial charge in [0, 0.05) is 13.5 Å². The number of carbonyl (C=O) groups excluding carboxylic acids is 2. The van der Waals surface area contributed by atoms with Crippen LogP contribution < -0.4 is 0 Å². The average Bonchev–Trinajstić information content (AvgIpc) is 2.19. The van der Waals surface area contributed by atoms with E-state index in [-0.39, 0.29) is 12.6 Å². The van der Waals surface area contributed by atoms with E-state index in [9.17, 15) is 9.59 Å². The number of hydrogen-bond donors (Lipinski definition) is 2. The molecule has 17 heavy (non-hydrogen) atoms. The fraction of sp³-hybridized carbons (Fsp3) is 0.818. The van der Waals surface area contributed by atoms with E-state index in [0.717, 1.165) is 0 Å². The monoisotopic (exact) mass is 252 g/mol. The van der Waals surface area contributed by atoms with Crippen LogP contribution in [0.4, 0.5) is 0 Å². The molecule has 0 fully saturated rings. The van der Waals surface area contributed by atoms with Crippen LogP contribution in [0.1, 0.15) is 34.6 Å². The van der Waals surface area contributed by atoms with E-state index < -0.39 is 12.1 Å². The second-order valence-electron chi connectivity index (χ2n) is 2.67. The Morgan fingerprint density at radius 2 is 1.47 bits per heavy atom. The summed E-state index contributed by atoms with van der Waals surface area (Å²) in [6.07, 6.45) is -0.991. The van der Waals surface area contributed by atoms with E-state index in [1.165, 1.54) is 13.8 Å². The van der Waals surface area contributed by atoms with Gasteiger partial charge >= 0.3 is 11.9 Å². The molecule has 0 heterocycles. The Kier molecular flexibility index (Phi) is 21.5. The van der Waals surface area contributed by atoms with Gasteiger partial charge in [0.05, 0.1) is 13.2 Å². The predicted molar refractivity (Wildman–Crippen MR) is 63.4 cm³/mol. The van der Waals surface area contributed by atoms with Crippen LogP contribution in [-0.4, -0.2) is 48.1 Å². The summed E-state index contributed by atoms with van der Waals surface area (Å²) in [5.74, 6) is -0.773. The lowest BCUT2D eigenvalue weighted by Gasteiger charge is -2.01. The van der Waals surface area contributed by atoms with Crippen LogP contribution in [0.2, 0.25) is 0 Å². The first kappa shape index (κ1) is 21.2. The molecular formula is C11H24O6. The minimum absolute atomic E-state index is 0.211. The van der Waals surface area contributed by atoms with Crippen molar-refractivity contribution in [2.75, 3.05) is 19.8 Å². The van der Waals surface area contributed by atoms with Crippen molar-refractivity contribution in [3.63, 3.8) is 0 Å². The van der Waals surface area contributed by atoms with Crippen LogP contribution in [0.3, 0.4) is 0 Å². The van der Waals surface area contributed by atoms with Gasteiger partial charge in [-0.1, -0.05) is 0 Å². The van der Waals surface area contributed by atoms with Crippen LogP contribution >= 0.6 is 0 Å². The van der Waals surface area contributed by atoms with E-state index in [1.54, 1.807) is 20.8 Å². The summed E-state index contributed by atoms with van der Waals surface area (Å²) in [5, 5.41) is 16.0. The third-order valence-electron chi connectivity index (χ3n) is 0.975. The maximum absolute atomic E-state index is 10.3. The maximum atomic E-state index is 10.3. The van der Waals surface area contributed by atoms with Crippen molar-refractivity contribution in [2.45, 2.75) is 40.7 Å². The average molecular weight is 252 g/mol. The Morgan fingerprint density at radius 3 is 1.53 bits per heavy atom. The molecule has 0 radical (unpaired) electrons. The zero-order chi connectivity index (χ0) is 14.3. The molecule has 0 rings (SSSR count). The van der Waals surface area contributed by atoms with E-state index in [1.807, 2.05) is 0 Å². The Hall–Kier alpha value is -1.14. The number of carbonyl (C=O) groups is 2. The molecule has 6 heteroatoms. The van der Waals surface area contributed by atoms with Gasteiger partial charge in [-0.15, -0.1) is 0 Å². The highest BCUT2D eigenvalue weighted by molar-refractivity contribution is 5.73. The summed E-state index contributed by atoms with van der Waals surface area (Å²) >= 11 is 0. The molecule has 0 aliphatic rings. The molecule has 0 aliphatic heterocycles. The summed E-state index contributed by atoms with van der Waals surface area (Å²) in [7, 11) is 0. The molecule has 0 bridgehead atoms. The molecule has 1 atom stereocenters. The van der Waals surface area contributed by atoms with E-state index >= 15 is 0 Å². The van der Waals surface area contributed by atoms with Gasteiger partial charge in [0.15, 0.2) is 0 Å². The van der Waals surface area contributed by atoms with Crippen molar-refractivity contribution in [3.8, 4) is 0 Å². The lowest BCUT2D eigenvalue weighted by Crippen LogP contribution is -2.18. The molecule has 0 amide bonds. The number of ether oxygens (including phenoxy) is 2. The summed E-state index contributed by atoms with van der Waals surface area (Å²) in [4.78, 5) is 20.1. The molecule has 104 valence electrons. The first-order valence-electron chi connectivity index (χ1n) is 5.46. The second-order valence-corrected chi connectivity index (χ2v) is 2.67.